The zero-order chi connectivity index (χ0) is 8.39. The van der Waals surface area contributed by atoms with E-state index in [1.54, 1.807) is 0 Å². The second-order valence-corrected chi connectivity index (χ2v) is 3.01. The van der Waals surface area contributed by atoms with Crippen molar-refractivity contribution in [2.45, 2.75) is 19.8 Å². The highest BCUT2D eigenvalue weighted by molar-refractivity contribution is 5.71. The van der Waals surface area contributed by atoms with Gasteiger partial charge in [-0.15, -0.1) is 0 Å². The van der Waals surface area contributed by atoms with E-state index >= 15 is 0 Å². The first-order chi connectivity index (χ1) is 5.92. The maximum atomic E-state index is 3.35. The highest BCUT2D eigenvalue weighted by Gasteiger charge is 2.09. The Labute approximate surface area is 73.9 Å². The van der Waals surface area contributed by atoms with Crippen LogP contribution in [0.1, 0.15) is 30.9 Å². The van der Waals surface area contributed by atoms with Gasteiger partial charge in [-0.05, 0) is 29.5 Å². The van der Waals surface area contributed by atoms with Gasteiger partial charge in [0.25, 0.3) is 0 Å². The van der Waals surface area contributed by atoms with Crippen molar-refractivity contribution in [1.82, 2.24) is 0 Å². The third kappa shape index (κ3) is 1.18. The van der Waals surface area contributed by atoms with Crippen molar-refractivity contribution in [2.75, 3.05) is 0 Å². The van der Waals surface area contributed by atoms with Crippen molar-refractivity contribution in [2.24, 2.45) is 0 Å². The number of fused-ring (bicyclic) bond motifs is 1. The first-order valence-electron chi connectivity index (χ1n) is 4.44. The van der Waals surface area contributed by atoms with E-state index in [4.69, 9.17) is 0 Å². The molecule has 2 rings (SSSR count). The SMILES string of the molecule is CCC1=CC[C]c2ccccc21. The van der Waals surface area contributed by atoms with E-state index in [1.165, 1.54) is 16.7 Å². The fourth-order valence-corrected chi connectivity index (χ4v) is 1.65. The molecule has 0 aliphatic heterocycles. The molecule has 2 radical (unpaired) electrons. The first kappa shape index (κ1) is 7.60. The first-order valence-corrected chi connectivity index (χ1v) is 4.44. The van der Waals surface area contributed by atoms with Gasteiger partial charge in [-0.25, -0.2) is 0 Å². The van der Waals surface area contributed by atoms with E-state index in [-0.39, 0.29) is 0 Å². The molecule has 1 aliphatic rings. The summed E-state index contributed by atoms with van der Waals surface area (Å²) in [7, 11) is 0. The fraction of sp³-hybridized carbons (Fsp3) is 0.250. The molecule has 1 aliphatic carbocycles. The van der Waals surface area contributed by atoms with Crippen LogP contribution in [0, 0.1) is 6.42 Å². The molecule has 12 heavy (non-hydrogen) atoms. The molecule has 0 amide bonds. The van der Waals surface area contributed by atoms with E-state index < -0.39 is 0 Å². The minimum absolute atomic E-state index is 0.972. The number of hydrogen-bond acceptors (Lipinski definition) is 0. The maximum Gasteiger partial charge on any atom is 0.0212 e. The van der Waals surface area contributed by atoms with Crippen molar-refractivity contribution in [1.29, 1.82) is 0 Å². The van der Waals surface area contributed by atoms with Crippen molar-refractivity contribution in [3.8, 4) is 0 Å². The smallest absolute Gasteiger partial charge is 0.0212 e. The summed E-state index contributed by atoms with van der Waals surface area (Å²) in [6.45, 7) is 2.20. The van der Waals surface area contributed by atoms with Crippen LogP contribution in [0.4, 0.5) is 0 Å². The van der Waals surface area contributed by atoms with Crippen molar-refractivity contribution >= 4 is 5.57 Å². The number of benzene rings is 1. The Hall–Kier alpha value is -1.04. The number of allylic oxidation sites excluding steroid dienone is 2. The Balaban J connectivity index is 2.48. The third-order valence-electron chi connectivity index (χ3n) is 2.29. The lowest BCUT2D eigenvalue weighted by Gasteiger charge is -2.15. The average Bonchev–Trinajstić information content (AvgIpc) is 2.17. The average molecular weight is 156 g/mol. The van der Waals surface area contributed by atoms with Gasteiger partial charge in [-0.3, -0.25) is 0 Å². The van der Waals surface area contributed by atoms with Crippen LogP contribution in [0.15, 0.2) is 30.3 Å². The largest absolute Gasteiger partial charge is 0.0798 e. The van der Waals surface area contributed by atoms with E-state index in [0.717, 1.165) is 12.8 Å². The Morgan fingerprint density at radius 2 is 2.17 bits per heavy atom. The zero-order valence-corrected chi connectivity index (χ0v) is 7.30. The molecule has 0 spiro atoms. The predicted octanol–water partition coefficient (Wildman–Crippen LogP) is 3.31. The molecule has 0 aromatic heterocycles. The molecule has 0 saturated carbocycles. The van der Waals surface area contributed by atoms with Gasteiger partial charge in [0, 0.05) is 6.42 Å². The normalized spacial score (nSPS) is 15.2. The van der Waals surface area contributed by atoms with Crippen LogP contribution >= 0.6 is 0 Å². The summed E-state index contributed by atoms with van der Waals surface area (Å²) in [6, 6.07) is 8.48. The van der Waals surface area contributed by atoms with Gasteiger partial charge < -0.3 is 0 Å². The summed E-state index contributed by atoms with van der Waals surface area (Å²) in [6.07, 6.45) is 7.71. The second kappa shape index (κ2) is 3.14. The highest BCUT2D eigenvalue weighted by Crippen LogP contribution is 2.28. The molecule has 0 unspecified atom stereocenters. The molecule has 0 saturated heterocycles. The molecule has 1 aromatic carbocycles. The molecule has 0 fully saturated rings. The van der Waals surface area contributed by atoms with Crippen molar-refractivity contribution in [3.63, 3.8) is 0 Å². The van der Waals surface area contributed by atoms with E-state index in [9.17, 15) is 0 Å². The Bertz CT molecular complexity index is 308. The van der Waals surface area contributed by atoms with Gasteiger partial charge in [0.05, 0.1) is 0 Å². The molecule has 0 heteroatoms. The van der Waals surface area contributed by atoms with Gasteiger partial charge in [0.2, 0.25) is 0 Å². The molecule has 60 valence electrons. The third-order valence-corrected chi connectivity index (χ3v) is 2.29. The number of rotatable bonds is 1. The monoisotopic (exact) mass is 156 g/mol. The standard InChI is InChI=1S/C12H12/c1-2-10-7-5-8-11-6-3-4-9-12(10)11/h3-4,6-7,9H,2,5H2,1H3. The predicted molar refractivity (Wildman–Crippen MR) is 51.7 cm³/mol. The van der Waals surface area contributed by atoms with Crippen LogP contribution in [-0.2, 0) is 0 Å². The van der Waals surface area contributed by atoms with E-state index in [2.05, 4.69) is 43.7 Å². The zero-order valence-electron chi connectivity index (χ0n) is 7.30. The quantitative estimate of drug-likeness (QED) is 0.585. The van der Waals surface area contributed by atoms with Crippen LogP contribution in [0.3, 0.4) is 0 Å². The molecular formula is C12H12. The van der Waals surface area contributed by atoms with Gasteiger partial charge in [0.1, 0.15) is 0 Å². The Morgan fingerprint density at radius 1 is 1.33 bits per heavy atom. The van der Waals surface area contributed by atoms with Gasteiger partial charge in [0.15, 0.2) is 0 Å². The summed E-state index contributed by atoms with van der Waals surface area (Å²) in [5.41, 5.74) is 4.10. The van der Waals surface area contributed by atoms with Crippen molar-refractivity contribution < 1.29 is 0 Å². The molecule has 1 aromatic rings. The lowest BCUT2D eigenvalue weighted by molar-refractivity contribution is 1.14. The molecule has 0 atom stereocenters. The summed E-state index contributed by atoms with van der Waals surface area (Å²) < 4.78 is 0. The topological polar surface area (TPSA) is 0 Å². The van der Waals surface area contributed by atoms with Crippen LogP contribution in [0.2, 0.25) is 0 Å². The Morgan fingerprint density at radius 3 is 3.00 bits per heavy atom. The lowest BCUT2D eigenvalue weighted by atomic mass is 9.90. The summed E-state index contributed by atoms with van der Waals surface area (Å²) >= 11 is 0. The summed E-state index contributed by atoms with van der Waals surface area (Å²) in [4.78, 5) is 0. The molecule has 0 nitrogen and oxygen atoms in total. The van der Waals surface area contributed by atoms with E-state index in [0.29, 0.717) is 0 Å². The van der Waals surface area contributed by atoms with Crippen LogP contribution < -0.4 is 0 Å². The summed E-state index contributed by atoms with van der Waals surface area (Å²) in [5.74, 6) is 0. The minimum atomic E-state index is 0.972. The minimum Gasteiger partial charge on any atom is -0.0798 e. The maximum absolute atomic E-state index is 3.35. The van der Waals surface area contributed by atoms with Gasteiger partial charge >= 0.3 is 0 Å². The van der Waals surface area contributed by atoms with Crippen LogP contribution in [0.5, 0.6) is 0 Å². The fourth-order valence-electron chi connectivity index (χ4n) is 1.65. The molecule has 0 heterocycles. The molecule has 0 N–H and O–H groups in total. The number of hydrogen-bond donors (Lipinski definition) is 0. The van der Waals surface area contributed by atoms with Crippen molar-refractivity contribution in [3.05, 3.63) is 47.9 Å². The van der Waals surface area contributed by atoms with Gasteiger partial charge in [-0.1, -0.05) is 37.3 Å². The summed E-state index contributed by atoms with van der Waals surface area (Å²) in [5, 5.41) is 0. The lowest BCUT2D eigenvalue weighted by Crippen LogP contribution is -1.96. The van der Waals surface area contributed by atoms with Crippen LogP contribution in [0.25, 0.3) is 5.57 Å². The second-order valence-electron chi connectivity index (χ2n) is 3.01. The van der Waals surface area contributed by atoms with E-state index in [1.807, 2.05) is 0 Å². The molecule has 0 bridgehead atoms. The van der Waals surface area contributed by atoms with Crippen LogP contribution in [-0.4, -0.2) is 0 Å². The Kier molecular flexibility index (Phi) is 1.99. The molecular weight excluding hydrogens is 144 g/mol. The highest BCUT2D eigenvalue weighted by atomic mass is 14.1. The van der Waals surface area contributed by atoms with Gasteiger partial charge in [-0.2, -0.15) is 0 Å².